The molecule has 0 bridgehead atoms. The molecule has 0 aliphatic heterocycles. The van der Waals surface area contributed by atoms with E-state index in [-0.39, 0.29) is 40.6 Å². The third-order valence-corrected chi connectivity index (χ3v) is 5.08. The highest BCUT2D eigenvalue weighted by atomic mass is 32.1. The molecule has 8 heteroatoms. The Kier molecular flexibility index (Phi) is 5.87. The van der Waals surface area contributed by atoms with Gasteiger partial charge in [0.1, 0.15) is 22.6 Å². The first-order valence-corrected chi connectivity index (χ1v) is 9.33. The summed E-state index contributed by atoms with van der Waals surface area (Å²) < 4.78 is 10.3. The number of para-hydroxylation sites is 1. The maximum Gasteiger partial charge on any atom is 0.348 e. The van der Waals surface area contributed by atoms with Gasteiger partial charge in [-0.2, -0.15) is 5.26 Å². The quantitative estimate of drug-likeness (QED) is 0.637. The number of nitrogens with two attached hydrogens (primary N) is 1. The highest BCUT2D eigenvalue weighted by Crippen LogP contribution is 2.32. The highest BCUT2D eigenvalue weighted by Gasteiger charge is 2.24. The van der Waals surface area contributed by atoms with E-state index in [2.05, 4.69) is 4.98 Å². The van der Waals surface area contributed by atoms with Gasteiger partial charge in [-0.1, -0.05) is 24.3 Å². The molecule has 7 nitrogen and oxygen atoms in total. The number of fused-ring (bicyclic) bond motifs is 1. The lowest BCUT2D eigenvalue weighted by molar-refractivity contribution is -0.144. The van der Waals surface area contributed by atoms with E-state index in [1.54, 1.807) is 13.1 Å². The summed E-state index contributed by atoms with van der Waals surface area (Å²) >= 11 is 0.951. The lowest BCUT2D eigenvalue weighted by Crippen LogP contribution is -2.11. The third-order valence-electron chi connectivity index (χ3n) is 4.04. The van der Waals surface area contributed by atoms with Crippen LogP contribution in [0.5, 0.6) is 0 Å². The van der Waals surface area contributed by atoms with Crippen molar-refractivity contribution in [3.05, 3.63) is 58.1 Å². The van der Waals surface area contributed by atoms with Crippen molar-refractivity contribution < 1.29 is 19.1 Å². The van der Waals surface area contributed by atoms with Gasteiger partial charge in [0.2, 0.25) is 0 Å². The number of hydrogen-bond acceptors (Lipinski definition) is 8. The zero-order valence-corrected chi connectivity index (χ0v) is 15.9. The second kappa shape index (κ2) is 8.50. The number of nitrogen functional groups attached to an aromatic ring is 1. The fourth-order valence-electron chi connectivity index (χ4n) is 2.78. The van der Waals surface area contributed by atoms with Crippen LogP contribution in [0.25, 0.3) is 10.9 Å². The van der Waals surface area contributed by atoms with Crippen LogP contribution in [0, 0.1) is 11.3 Å². The number of aromatic nitrogens is 1. The van der Waals surface area contributed by atoms with Gasteiger partial charge in [0, 0.05) is 17.1 Å². The number of nitrogens with zero attached hydrogens (tertiary/aromatic N) is 2. The predicted molar refractivity (Wildman–Crippen MR) is 105 cm³/mol. The summed E-state index contributed by atoms with van der Waals surface area (Å²) in [6, 6.07) is 11.3. The minimum atomic E-state index is -0.593. The molecule has 0 amide bonds. The van der Waals surface area contributed by atoms with Gasteiger partial charge in [-0.25, -0.2) is 4.79 Å². The molecule has 0 radical (unpaired) electrons. The Balaban J connectivity index is 1.77. The van der Waals surface area contributed by atoms with E-state index in [0.717, 1.165) is 27.8 Å². The van der Waals surface area contributed by atoms with E-state index in [0.29, 0.717) is 0 Å². The summed E-state index contributed by atoms with van der Waals surface area (Å²) in [6.07, 6.45) is 1.68. The van der Waals surface area contributed by atoms with Gasteiger partial charge < -0.3 is 15.2 Å². The summed E-state index contributed by atoms with van der Waals surface area (Å²) in [5.74, 6) is -1.09. The Bertz CT molecular complexity index is 1080. The molecule has 0 aliphatic carbocycles. The molecule has 1 aromatic carbocycles. The minimum Gasteiger partial charge on any atom is -0.462 e. The maximum atomic E-state index is 12.4. The number of rotatable bonds is 6. The summed E-state index contributed by atoms with van der Waals surface area (Å²) in [5.41, 5.74) is 7.69. The van der Waals surface area contributed by atoms with Crippen molar-refractivity contribution in [1.82, 2.24) is 4.98 Å². The predicted octanol–water partition coefficient (Wildman–Crippen LogP) is 3.21. The van der Waals surface area contributed by atoms with Crippen LogP contribution in [0.1, 0.15) is 33.3 Å². The lowest BCUT2D eigenvalue weighted by atomic mass is 10.1. The van der Waals surface area contributed by atoms with Crippen LogP contribution in [0.3, 0.4) is 0 Å². The van der Waals surface area contributed by atoms with Gasteiger partial charge in [-0.05, 0) is 18.6 Å². The van der Waals surface area contributed by atoms with Crippen molar-refractivity contribution in [3.8, 4) is 6.07 Å². The number of pyridine rings is 1. The molecule has 28 heavy (non-hydrogen) atoms. The van der Waals surface area contributed by atoms with Crippen molar-refractivity contribution >= 4 is 39.2 Å². The second-order valence-electron chi connectivity index (χ2n) is 5.81. The molecule has 2 aromatic heterocycles. The molecule has 0 saturated heterocycles. The van der Waals surface area contributed by atoms with Crippen LogP contribution in [0.2, 0.25) is 0 Å². The number of benzene rings is 1. The first-order valence-electron chi connectivity index (χ1n) is 8.51. The van der Waals surface area contributed by atoms with E-state index < -0.39 is 11.9 Å². The Morgan fingerprint density at radius 1 is 1.25 bits per heavy atom. The zero-order chi connectivity index (χ0) is 20.1. The molecule has 0 fully saturated rings. The number of ether oxygens (including phenoxy) is 2. The maximum absolute atomic E-state index is 12.4. The van der Waals surface area contributed by atoms with Crippen LogP contribution in [-0.4, -0.2) is 23.5 Å². The van der Waals surface area contributed by atoms with E-state index in [1.165, 1.54) is 0 Å². The number of carbonyl (C=O) groups is 2. The molecule has 142 valence electrons. The topological polar surface area (TPSA) is 115 Å². The molecule has 0 spiro atoms. The lowest BCUT2D eigenvalue weighted by Gasteiger charge is -2.08. The van der Waals surface area contributed by atoms with Crippen LogP contribution >= 0.6 is 11.3 Å². The summed E-state index contributed by atoms with van der Waals surface area (Å²) in [4.78, 5) is 29.0. The number of anilines is 1. The molecule has 2 heterocycles. The molecular weight excluding hydrogens is 378 g/mol. The normalized spacial score (nSPS) is 10.4. The standard InChI is InChI=1S/C20H17N3O4S/c1-2-26-20(25)18-15(14(10-21)19(22)28-18)11-27-16(24)9-13-6-3-5-12-7-4-8-23-17(12)13/h3-8H,2,9,11,22H2,1H3. The van der Waals surface area contributed by atoms with E-state index in [4.69, 9.17) is 15.2 Å². The fraction of sp³-hybridized carbons (Fsp3) is 0.200. The van der Waals surface area contributed by atoms with Gasteiger partial charge in [0.05, 0.1) is 24.1 Å². The van der Waals surface area contributed by atoms with Gasteiger partial charge in [0.15, 0.2) is 0 Å². The van der Waals surface area contributed by atoms with Crippen molar-refractivity contribution in [2.24, 2.45) is 0 Å². The molecule has 2 N–H and O–H groups in total. The molecular formula is C20H17N3O4S. The second-order valence-corrected chi connectivity index (χ2v) is 6.86. The van der Waals surface area contributed by atoms with Gasteiger partial charge in [0.25, 0.3) is 0 Å². The highest BCUT2D eigenvalue weighted by molar-refractivity contribution is 7.18. The molecule has 3 rings (SSSR count). The Morgan fingerprint density at radius 3 is 2.79 bits per heavy atom. The summed E-state index contributed by atoms with van der Waals surface area (Å²) in [7, 11) is 0. The largest absolute Gasteiger partial charge is 0.462 e. The Hall–Kier alpha value is -3.44. The van der Waals surface area contributed by atoms with Crippen LogP contribution < -0.4 is 5.73 Å². The monoisotopic (exact) mass is 395 g/mol. The molecule has 0 atom stereocenters. The third kappa shape index (κ3) is 3.94. The molecule has 0 unspecified atom stereocenters. The molecule has 0 saturated carbocycles. The fourth-order valence-corrected chi connectivity index (χ4v) is 3.69. The van der Waals surface area contributed by atoms with Crippen molar-refractivity contribution in [3.63, 3.8) is 0 Å². The van der Waals surface area contributed by atoms with E-state index >= 15 is 0 Å². The number of hydrogen-bond donors (Lipinski definition) is 1. The number of carbonyl (C=O) groups excluding carboxylic acids is 2. The van der Waals surface area contributed by atoms with E-state index in [9.17, 15) is 14.9 Å². The van der Waals surface area contributed by atoms with Crippen LogP contribution in [0.15, 0.2) is 36.5 Å². The average Bonchev–Trinajstić information content (AvgIpc) is 3.02. The molecule has 3 aromatic rings. The van der Waals surface area contributed by atoms with Gasteiger partial charge in [-0.15, -0.1) is 11.3 Å². The Morgan fingerprint density at radius 2 is 2.04 bits per heavy atom. The van der Waals surface area contributed by atoms with E-state index in [1.807, 2.05) is 36.4 Å². The van der Waals surface area contributed by atoms with Gasteiger partial charge >= 0.3 is 11.9 Å². The zero-order valence-electron chi connectivity index (χ0n) is 15.1. The van der Waals surface area contributed by atoms with Crippen molar-refractivity contribution in [2.45, 2.75) is 20.0 Å². The van der Waals surface area contributed by atoms with Gasteiger partial charge in [-0.3, -0.25) is 9.78 Å². The summed E-state index contributed by atoms with van der Waals surface area (Å²) in [6.45, 7) is 1.63. The SMILES string of the molecule is CCOC(=O)c1sc(N)c(C#N)c1COC(=O)Cc1cccc2cccnc12. The summed E-state index contributed by atoms with van der Waals surface area (Å²) in [5, 5.41) is 10.4. The van der Waals surface area contributed by atoms with Crippen LogP contribution in [-0.2, 0) is 27.3 Å². The molecule has 0 aliphatic rings. The first kappa shape index (κ1) is 19.3. The van der Waals surface area contributed by atoms with Crippen molar-refractivity contribution in [2.75, 3.05) is 12.3 Å². The average molecular weight is 395 g/mol. The number of esters is 2. The smallest absolute Gasteiger partial charge is 0.348 e. The Labute approximate surface area is 165 Å². The first-order chi connectivity index (χ1) is 13.5. The number of thiophene rings is 1. The number of nitriles is 1. The minimum absolute atomic E-state index is 0.0185. The van der Waals surface area contributed by atoms with Crippen LogP contribution in [0.4, 0.5) is 5.00 Å². The van der Waals surface area contributed by atoms with Crippen molar-refractivity contribution in [1.29, 1.82) is 5.26 Å².